The largest absolute Gasteiger partial charge is 0.481 e. The Morgan fingerprint density at radius 3 is 2.36 bits per heavy atom. The van der Waals surface area contributed by atoms with Gasteiger partial charge in [-0.25, -0.2) is 0 Å². The summed E-state index contributed by atoms with van der Waals surface area (Å²) in [4.78, 5) is 27.1. The van der Waals surface area contributed by atoms with Crippen molar-refractivity contribution < 1.29 is 14.7 Å². The maximum Gasteiger partial charge on any atom is 0.307 e. The second-order valence-corrected chi connectivity index (χ2v) is 5.80. The number of amides is 1. The van der Waals surface area contributed by atoms with Crippen LogP contribution in [-0.2, 0) is 17.6 Å². The van der Waals surface area contributed by atoms with Crippen LogP contribution in [0.1, 0.15) is 27.2 Å². The number of carbonyl (C=O) groups is 2. The highest BCUT2D eigenvalue weighted by Gasteiger charge is 2.11. The molecular formula is C20H18N2O3. The van der Waals surface area contributed by atoms with Crippen molar-refractivity contribution in [3.8, 4) is 0 Å². The van der Waals surface area contributed by atoms with Gasteiger partial charge in [0.1, 0.15) is 0 Å². The third-order valence-electron chi connectivity index (χ3n) is 4.12. The van der Waals surface area contributed by atoms with Crippen molar-refractivity contribution >= 4 is 22.6 Å². The lowest BCUT2D eigenvalue weighted by atomic mass is 9.99. The van der Waals surface area contributed by atoms with Crippen molar-refractivity contribution in [3.05, 3.63) is 77.1 Å². The number of fused-ring (bicyclic) bond motifs is 1. The van der Waals surface area contributed by atoms with Crippen LogP contribution in [0.5, 0.6) is 0 Å². The van der Waals surface area contributed by atoms with Crippen molar-refractivity contribution in [1.29, 1.82) is 0 Å². The zero-order valence-corrected chi connectivity index (χ0v) is 13.8. The molecule has 0 spiro atoms. The minimum atomic E-state index is -0.871. The number of pyridine rings is 1. The van der Waals surface area contributed by atoms with E-state index in [1.54, 1.807) is 25.4 Å². The zero-order valence-electron chi connectivity index (χ0n) is 13.8. The van der Waals surface area contributed by atoms with Gasteiger partial charge in [0.15, 0.2) is 0 Å². The van der Waals surface area contributed by atoms with Crippen LogP contribution in [0.25, 0.3) is 10.8 Å². The van der Waals surface area contributed by atoms with E-state index in [-0.39, 0.29) is 12.3 Å². The van der Waals surface area contributed by atoms with E-state index in [0.717, 1.165) is 22.0 Å². The summed E-state index contributed by atoms with van der Waals surface area (Å²) in [6, 6.07) is 15.1. The first-order valence-corrected chi connectivity index (χ1v) is 7.97. The van der Waals surface area contributed by atoms with Crippen molar-refractivity contribution in [2.75, 3.05) is 7.05 Å². The Hall–Kier alpha value is -3.21. The third-order valence-corrected chi connectivity index (χ3v) is 4.12. The first-order chi connectivity index (χ1) is 12.1. The first kappa shape index (κ1) is 16.6. The minimum absolute atomic E-state index is 0.0470. The molecule has 0 saturated heterocycles. The van der Waals surface area contributed by atoms with E-state index < -0.39 is 5.97 Å². The summed E-state index contributed by atoms with van der Waals surface area (Å²) in [5, 5.41) is 13.5. The lowest BCUT2D eigenvalue weighted by molar-refractivity contribution is -0.136. The molecule has 1 aromatic heterocycles. The monoisotopic (exact) mass is 334 g/mol. The summed E-state index contributed by atoms with van der Waals surface area (Å²) < 4.78 is 0. The lowest BCUT2D eigenvalue weighted by Crippen LogP contribution is -2.17. The Bertz CT molecular complexity index is 933. The van der Waals surface area contributed by atoms with Gasteiger partial charge in [0.05, 0.1) is 12.1 Å². The number of nitrogens with one attached hydrogen (secondary N) is 1. The summed E-state index contributed by atoms with van der Waals surface area (Å²) >= 11 is 0. The van der Waals surface area contributed by atoms with Crippen molar-refractivity contribution in [2.24, 2.45) is 0 Å². The predicted octanol–water partition coefficient (Wildman–Crippen LogP) is 2.81. The van der Waals surface area contributed by atoms with Gasteiger partial charge in [-0.3, -0.25) is 14.6 Å². The van der Waals surface area contributed by atoms with Gasteiger partial charge in [0.25, 0.3) is 5.91 Å². The maximum atomic E-state index is 11.6. The highest BCUT2D eigenvalue weighted by Crippen LogP contribution is 2.23. The first-order valence-electron chi connectivity index (χ1n) is 7.97. The molecule has 25 heavy (non-hydrogen) atoms. The molecule has 0 fully saturated rings. The highest BCUT2D eigenvalue weighted by atomic mass is 16.4. The van der Waals surface area contributed by atoms with Gasteiger partial charge in [0.2, 0.25) is 0 Å². The van der Waals surface area contributed by atoms with Crippen molar-refractivity contribution in [3.63, 3.8) is 0 Å². The molecule has 0 atom stereocenters. The number of aromatic nitrogens is 1. The molecule has 5 heteroatoms. The summed E-state index contributed by atoms with van der Waals surface area (Å²) in [7, 11) is 1.60. The van der Waals surface area contributed by atoms with Crippen LogP contribution in [0.3, 0.4) is 0 Å². The summed E-state index contributed by atoms with van der Waals surface area (Å²) in [5.74, 6) is -0.988. The van der Waals surface area contributed by atoms with Crippen LogP contribution in [-0.4, -0.2) is 29.0 Å². The Balaban J connectivity index is 1.94. The number of hydrogen-bond donors (Lipinski definition) is 2. The Labute approximate surface area is 145 Å². The molecule has 0 radical (unpaired) electrons. The summed E-state index contributed by atoms with van der Waals surface area (Å²) in [6.07, 6.45) is 2.21. The molecule has 0 aliphatic carbocycles. The standard InChI is InChI=1S/C20H18N2O3/c1-21-20(25)14-8-6-13(7-9-14)10-18-17-5-3-2-4-16(17)15(12-22-18)11-19(23)24/h2-9,12H,10-11H2,1H3,(H,21,25)(H,23,24). The normalized spacial score (nSPS) is 10.6. The molecular weight excluding hydrogens is 316 g/mol. The molecule has 126 valence electrons. The van der Waals surface area contributed by atoms with E-state index in [1.165, 1.54) is 0 Å². The lowest BCUT2D eigenvalue weighted by Gasteiger charge is -2.10. The number of carboxylic acid groups (broad SMARTS) is 1. The second-order valence-electron chi connectivity index (χ2n) is 5.80. The summed E-state index contributed by atoms with van der Waals surface area (Å²) in [5.41, 5.74) is 3.25. The molecule has 1 heterocycles. The van der Waals surface area contributed by atoms with E-state index >= 15 is 0 Å². The minimum Gasteiger partial charge on any atom is -0.481 e. The van der Waals surface area contributed by atoms with Crippen LogP contribution in [0.2, 0.25) is 0 Å². The Morgan fingerprint density at radius 2 is 1.72 bits per heavy atom. The SMILES string of the molecule is CNC(=O)c1ccc(Cc2ncc(CC(=O)O)c3ccccc23)cc1. The summed E-state index contributed by atoms with van der Waals surface area (Å²) in [6.45, 7) is 0. The zero-order chi connectivity index (χ0) is 17.8. The third kappa shape index (κ3) is 3.66. The Kier molecular flexibility index (Phi) is 4.75. The van der Waals surface area contributed by atoms with Crippen molar-refractivity contribution in [1.82, 2.24) is 10.3 Å². The van der Waals surface area contributed by atoms with E-state index in [9.17, 15) is 9.59 Å². The van der Waals surface area contributed by atoms with Gasteiger partial charge in [-0.1, -0.05) is 36.4 Å². The number of hydrogen-bond acceptors (Lipinski definition) is 3. The molecule has 3 rings (SSSR count). The molecule has 3 aromatic rings. The molecule has 0 bridgehead atoms. The molecule has 0 saturated carbocycles. The molecule has 5 nitrogen and oxygen atoms in total. The number of rotatable bonds is 5. The maximum absolute atomic E-state index is 11.6. The molecule has 0 aliphatic heterocycles. The van der Waals surface area contributed by atoms with Crippen molar-refractivity contribution in [2.45, 2.75) is 12.8 Å². The van der Waals surface area contributed by atoms with E-state index in [4.69, 9.17) is 5.11 Å². The fourth-order valence-corrected chi connectivity index (χ4v) is 2.87. The number of benzene rings is 2. The van der Waals surface area contributed by atoms with Gasteiger partial charge in [-0.2, -0.15) is 0 Å². The van der Waals surface area contributed by atoms with Gasteiger partial charge < -0.3 is 10.4 Å². The molecule has 1 amide bonds. The average molecular weight is 334 g/mol. The molecule has 2 N–H and O–H groups in total. The average Bonchev–Trinajstić information content (AvgIpc) is 2.63. The van der Waals surface area contributed by atoms with E-state index in [0.29, 0.717) is 17.5 Å². The fourth-order valence-electron chi connectivity index (χ4n) is 2.87. The smallest absolute Gasteiger partial charge is 0.307 e. The van der Waals surface area contributed by atoms with Crippen LogP contribution in [0.4, 0.5) is 0 Å². The van der Waals surface area contributed by atoms with Gasteiger partial charge in [-0.15, -0.1) is 0 Å². The molecule has 0 aliphatic rings. The predicted molar refractivity (Wildman–Crippen MR) is 95.7 cm³/mol. The number of carboxylic acids is 1. The van der Waals surface area contributed by atoms with E-state index in [1.807, 2.05) is 36.4 Å². The van der Waals surface area contributed by atoms with Crippen LogP contribution in [0, 0.1) is 0 Å². The number of aliphatic carboxylic acids is 1. The molecule has 0 unspecified atom stereocenters. The highest BCUT2D eigenvalue weighted by molar-refractivity contribution is 5.94. The second kappa shape index (κ2) is 7.13. The van der Waals surface area contributed by atoms with Crippen LogP contribution >= 0.6 is 0 Å². The topological polar surface area (TPSA) is 79.3 Å². The number of carbonyl (C=O) groups excluding carboxylic acids is 1. The van der Waals surface area contributed by atoms with Crippen LogP contribution in [0.15, 0.2) is 54.7 Å². The fraction of sp³-hybridized carbons (Fsp3) is 0.150. The molecule has 2 aromatic carbocycles. The van der Waals surface area contributed by atoms with Gasteiger partial charge >= 0.3 is 5.97 Å². The quantitative estimate of drug-likeness (QED) is 0.752. The van der Waals surface area contributed by atoms with Crippen LogP contribution < -0.4 is 5.32 Å². The number of nitrogens with zero attached hydrogens (tertiary/aromatic N) is 1. The van der Waals surface area contributed by atoms with Gasteiger partial charge in [0, 0.05) is 30.6 Å². The van der Waals surface area contributed by atoms with Gasteiger partial charge in [-0.05, 0) is 28.6 Å². The Morgan fingerprint density at radius 1 is 1.04 bits per heavy atom. The van der Waals surface area contributed by atoms with E-state index in [2.05, 4.69) is 10.3 Å².